The molecule has 0 heterocycles. The molecule has 0 N–H and O–H groups in total. The first kappa shape index (κ1) is 12.8. The van der Waals surface area contributed by atoms with Crippen molar-refractivity contribution in [1.82, 2.24) is 0 Å². The van der Waals surface area contributed by atoms with Crippen molar-refractivity contribution in [2.75, 3.05) is 13.2 Å². The van der Waals surface area contributed by atoms with Crippen molar-refractivity contribution >= 4 is 14.4 Å². The van der Waals surface area contributed by atoms with Crippen LogP contribution < -0.4 is 0 Å². The fraction of sp³-hybridized carbons (Fsp3) is 0.900. The molecule has 0 aliphatic carbocycles. The minimum atomic E-state index is -0.977. The summed E-state index contributed by atoms with van der Waals surface area (Å²) in [4.78, 5) is 10.5. The lowest BCUT2D eigenvalue weighted by Crippen LogP contribution is -2.25. The average molecular weight is 202 g/mol. The summed E-state index contributed by atoms with van der Waals surface area (Å²) in [6, 6.07) is 1.17. The Labute approximate surface area is 82.7 Å². The van der Waals surface area contributed by atoms with Crippen LogP contribution in [0.25, 0.3) is 0 Å². The van der Waals surface area contributed by atoms with Crippen molar-refractivity contribution in [3.8, 4) is 0 Å². The zero-order valence-corrected chi connectivity index (χ0v) is 10.5. The van der Waals surface area contributed by atoms with Gasteiger partial charge in [0.25, 0.3) is 0 Å². The van der Waals surface area contributed by atoms with Gasteiger partial charge in [0.15, 0.2) is 0 Å². The number of rotatable bonds is 6. The molecule has 0 aromatic rings. The van der Waals surface area contributed by atoms with Crippen LogP contribution in [0.3, 0.4) is 0 Å². The molecule has 0 bridgehead atoms. The summed E-state index contributed by atoms with van der Waals surface area (Å²) in [5.74, 6) is 0. The first-order valence-electron chi connectivity index (χ1n) is 4.81. The molecule has 0 fully saturated rings. The fourth-order valence-electron chi connectivity index (χ4n) is 0.748. The monoisotopic (exact) mass is 202 g/mol. The predicted octanol–water partition coefficient (Wildman–Crippen LogP) is 2.57. The maximum absolute atomic E-state index is 10.5. The van der Waals surface area contributed by atoms with Gasteiger partial charge in [0, 0.05) is 20.1 Å². The van der Waals surface area contributed by atoms with E-state index >= 15 is 0 Å². The number of carbonyl (C=O) groups excluding carboxylic acids is 1. The van der Waals surface area contributed by atoms with Crippen molar-refractivity contribution in [3.05, 3.63) is 0 Å². The lowest BCUT2D eigenvalue weighted by Gasteiger charge is -2.19. The van der Waals surface area contributed by atoms with Gasteiger partial charge in [-0.05, 0) is 6.04 Å². The Hall–Kier alpha value is -0.153. The van der Waals surface area contributed by atoms with E-state index in [0.29, 0.717) is 6.61 Å². The van der Waals surface area contributed by atoms with Crippen LogP contribution in [0, 0.1) is 5.41 Å². The topological polar surface area (TPSA) is 26.3 Å². The molecule has 0 saturated heterocycles. The van der Waals surface area contributed by atoms with Gasteiger partial charge in [-0.25, -0.2) is 0 Å². The van der Waals surface area contributed by atoms with Gasteiger partial charge in [-0.1, -0.05) is 33.5 Å². The van der Waals surface area contributed by atoms with E-state index in [0.717, 1.165) is 12.9 Å². The first-order chi connectivity index (χ1) is 5.77. The predicted molar refractivity (Wildman–Crippen MR) is 58.8 cm³/mol. The highest BCUT2D eigenvalue weighted by atomic mass is 28.3. The Morgan fingerprint density at radius 2 is 1.85 bits per heavy atom. The second-order valence-corrected chi connectivity index (χ2v) is 11.1. The second kappa shape index (κ2) is 4.91. The van der Waals surface area contributed by atoms with Crippen LogP contribution in [0.4, 0.5) is 0 Å². The average Bonchev–Trinajstić information content (AvgIpc) is 1.97. The summed E-state index contributed by atoms with van der Waals surface area (Å²) >= 11 is 0. The molecule has 78 valence electrons. The third-order valence-corrected chi connectivity index (χ3v) is 3.49. The summed E-state index contributed by atoms with van der Waals surface area (Å²) < 4.78 is 5.47. The molecule has 0 saturated carbocycles. The third kappa shape index (κ3) is 8.18. The van der Waals surface area contributed by atoms with Gasteiger partial charge < -0.3 is 9.53 Å². The van der Waals surface area contributed by atoms with Crippen LogP contribution in [0.5, 0.6) is 0 Å². The normalized spacial score (nSPS) is 13.0. The van der Waals surface area contributed by atoms with Crippen LogP contribution in [-0.4, -0.2) is 27.6 Å². The zero-order valence-electron chi connectivity index (χ0n) is 9.52. The summed E-state index contributed by atoms with van der Waals surface area (Å²) in [6.45, 7) is 12.1. The highest BCUT2D eigenvalue weighted by Crippen LogP contribution is 2.13. The Bertz CT molecular complexity index is 159. The van der Waals surface area contributed by atoms with Crippen molar-refractivity contribution in [3.63, 3.8) is 0 Å². The quantitative estimate of drug-likeness (QED) is 0.376. The van der Waals surface area contributed by atoms with E-state index < -0.39 is 8.07 Å². The molecule has 0 unspecified atom stereocenters. The van der Waals surface area contributed by atoms with E-state index in [-0.39, 0.29) is 5.41 Å². The van der Waals surface area contributed by atoms with Crippen LogP contribution in [0.15, 0.2) is 0 Å². The maximum atomic E-state index is 10.5. The summed E-state index contributed by atoms with van der Waals surface area (Å²) in [5.41, 5.74) is -0.320. The minimum absolute atomic E-state index is 0.320. The van der Waals surface area contributed by atoms with Crippen molar-refractivity contribution in [1.29, 1.82) is 0 Å². The fourth-order valence-corrected chi connectivity index (χ4v) is 1.50. The minimum Gasteiger partial charge on any atom is -0.381 e. The van der Waals surface area contributed by atoms with E-state index in [9.17, 15) is 4.79 Å². The molecular formula is C10H22O2Si. The van der Waals surface area contributed by atoms with E-state index in [1.807, 2.05) is 13.8 Å². The standard InChI is InChI=1S/C10H22O2Si/c1-10(2,8-11)9-12-6-7-13(3,4)5/h8H,6-7,9H2,1-5H3. The molecule has 0 radical (unpaired) electrons. The second-order valence-electron chi connectivity index (χ2n) is 5.47. The van der Waals surface area contributed by atoms with Gasteiger partial charge in [-0.3, -0.25) is 0 Å². The number of carbonyl (C=O) groups is 1. The molecule has 0 rings (SSSR count). The molecule has 0 aliphatic heterocycles. The molecule has 0 aromatic carbocycles. The number of aldehydes is 1. The SMILES string of the molecule is CC(C)(C=O)COCC[Si](C)(C)C. The summed E-state index contributed by atoms with van der Waals surface area (Å²) in [6.07, 6.45) is 0.960. The van der Waals surface area contributed by atoms with Crippen LogP contribution in [-0.2, 0) is 9.53 Å². The van der Waals surface area contributed by atoms with E-state index in [1.54, 1.807) is 0 Å². The summed E-state index contributed by atoms with van der Waals surface area (Å²) in [5, 5.41) is 0. The molecule has 2 nitrogen and oxygen atoms in total. The molecule has 0 aromatic heterocycles. The van der Waals surface area contributed by atoms with Crippen molar-refractivity contribution in [2.24, 2.45) is 5.41 Å². The first-order valence-corrected chi connectivity index (χ1v) is 8.52. The molecule has 0 spiro atoms. The maximum Gasteiger partial charge on any atom is 0.127 e. The number of hydrogen-bond donors (Lipinski definition) is 0. The molecule has 0 aliphatic rings. The van der Waals surface area contributed by atoms with Crippen LogP contribution in [0.2, 0.25) is 25.7 Å². The van der Waals surface area contributed by atoms with Gasteiger partial charge in [-0.15, -0.1) is 0 Å². The number of hydrogen-bond acceptors (Lipinski definition) is 2. The van der Waals surface area contributed by atoms with Gasteiger partial charge >= 0.3 is 0 Å². The third-order valence-electron chi connectivity index (χ3n) is 1.79. The van der Waals surface area contributed by atoms with E-state index in [4.69, 9.17) is 4.74 Å². The van der Waals surface area contributed by atoms with Crippen LogP contribution >= 0.6 is 0 Å². The van der Waals surface area contributed by atoms with Gasteiger partial charge in [-0.2, -0.15) is 0 Å². The van der Waals surface area contributed by atoms with Crippen molar-refractivity contribution < 1.29 is 9.53 Å². The molecular weight excluding hydrogens is 180 g/mol. The molecule has 3 heteroatoms. The Morgan fingerprint density at radius 1 is 1.31 bits per heavy atom. The molecule has 0 amide bonds. The number of ether oxygens (including phenoxy) is 1. The molecule has 0 atom stereocenters. The van der Waals surface area contributed by atoms with Crippen LogP contribution in [0.1, 0.15) is 13.8 Å². The highest BCUT2D eigenvalue weighted by Gasteiger charge is 2.17. The summed E-state index contributed by atoms with van der Waals surface area (Å²) in [7, 11) is -0.977. The lowest BCUT2D eigenvalue weighted by atomic mass is 9.98. The van der Waals surface area contributed by atoms with Gasteiger partial charge in [0.05, 0.1) is 6.61 Å². The van der Waals surface area contributed by atoms with E-state index in [2.05, 4.69) is 19.6 Å². The van der Waals surface area contributed by atoms with E-state index in [1.165, 1.54) is 6.04 Å². The Morgan fingerprint density at radius 3 is 2.23 bits per heavy atom. The lowest BCUT2D eigenvalue weighted by molar-refractivity contribution is -0.117. The van der Waals surface area contributed by atoms with Gasteiger partial charge in [0.2, 0.25) is 0 Å². The largest absolute Gasteiger partial charge is 0.381 e. The zero-order chi connectivity index (χ0) is 10.5. The Balaban J connectivity index is 3.52. The van der Waals surface area contributed by atoms with Gasteiger partial charge in [0.1, 0.15) is 6.29 Å². The highest BCUT2D eigenvalue weighted by molar-refractivity contribution is 6.76. The smallest absolute Gasteiger partial charge is 0.127 e. The van der Waals surface area contributed by atoms with Crippen molar-refractivity contribution in [2.45, 2.75) is 39.5 Å². The Kier molecular flexibility index (Phi) is 4.85. The molecule has 13 heavy (non-hydrogen) atoms.